The van der Waals surface area contributed by atoms with Crippen LogP contribution in [0.4, 0.5) is 5.82 Å². The van der Waals surface area contributed by atoms with Gasteiger partial charge in [0, 0.05) is 29.7 Å². The number of anilines is 1. The van der Waals surface area contributed by atoms with E-state index in [9.17, 15) is 9.59 Å². The Morgan fingerprint density at radius 1 is 1.09 bits per heavy atom. The number of carbonyl (C=O) groups is 2. The Labute approximate surface area is 209 Å². The van der Waals surface area contributed by atoms with Gasteiger partial charge in [0.05, 0.1) is 10.6 Å². The van der Waals surface area contributed by atoms with Crippen LogP contribution in [-0.2, 0) is 4.79 Å². The highest BCUT2D eigenvalue weighted by Crippen LogP contribution is 2.39. The van der Waals surface area contributed by atoms with Crippen LogP contribution in [0.3, 0.4) is 0 Å². The number of hydrogen-bond acceptors (Lipinski definition) is 5. The fourth-order valence-corrected chi connectivity index (χ4v) is 5.60. The van der Waals surface area contributed by atoms with Gasteiger partial charge < -0.3 is 20.7 Å². The van der Waals surface area contributed by atoms with Crippen LogP contribution in [0.2, 0.25) is 5.02 Å². The van der Waals surface area contributed by atoms with E-state index in [2.05, 4.69) is 15.2 Å². The van der Waals surface area contributed by atoms with E-state index in [4.69, 9.17) is 22.1 Å². The molecule has 0 saturated carbocycles. The molecule has 2 fully saturated rings. The molecule has 2 atom stereocenters. The SMILES string of the molecule is CC(C)(Oc1ccc2ccccc2c1Cl)C(=O)NC1CC2CCC(C1)N2c1ccc(C(N)=O)cn1. The van der Waals surface area contributed by atoms with Crippen molar-refractivity contribution in [2.75, 3.05) is 4.90 Å². The van der Waals surface area contributed by atoms with Crippen molar-refractivity contribution in [3.8, 4) is 5.75 Å². The molecular weight excluding hydrogens is 464 g/mol. The average molecular weight is 493 g/mol. The summed E-state index contributed by atoms with van der Waals surface area (Å²) in [7, 11) is 0. The molecule has 3 N–H and O–H groups in total. The Hall–Kier alpha value is -3.32. The lowest BCUT2D eigenvalue weighted by molar-refractivity contribution is -0.135. The number of carbonyl (C=O) groups excluding carboxylic acids is 2. The second-order valence-electron chi connectivity index (χ2n) is 9.91. The van der Waals surface area contributed by atoms with Crippen LogP contribution in [0.25, 0.3) is 10.8 Å². The Kier molecular flexibility index (Phi) is 6.05. The molecule has 7 nitrogen and oxygen atoms in total. The Morgan fingerprint density at radius 2 is 1.80 bits per heavy atom. The van der Waals surface area contributed by atoms with Gasteiger partial charge in [-0.05, 0) is 63.1 Å². The van der Waals surface area contributed by atoms with Crippen molar-refractivity contribution in [3.63, 3.8) is 0 Å². The van der Waals surface area contributed by atoms with Crippen molar-refractivity contribution in [1.29, 1.82) is 0 Å². The second-order valence-corrected chi connectivity index (χ2v) is 10.3. The zero-order chi connectivity index (χ0) is 24.7. The van der Waals surface area contributed by atoms with Crippen LogP contribution >= 0.6 is 11.6 Å². The van der Waals surface area contributed by atoms with Crippen molar-refractivity contribution in [2.24, 2.45) is 5.73 Å². The minimum Gasteiger partial charge on any atom is -0.476 e. The molecule has 2 saturated heterocycles. The number of nitrogens with zero attached hydrogens (tertiary/aromatic N) is 2. The van der Waals surface area contributed by atoms with Crippen molar-refractivity contribution in [3.05, 3.63) is 65.3 Å². The summed E-state index contributed by atoms with van der Waals surface area (Å²) >= 11 is 6.60. The molecule has 182 valence electrons. The van der Waals surface area contributed by atoms with E-state index in [0.717, 1.165) is 42.3 Å². The second kappa shape index (κ2) is 9.04. The fourth-order valence-electron chi connectivity index (χ4n) is 5.33. The molecule has 1 aromatic heterocycles. The Morgan fingerprint density at radius 3 is 2.46 bits per heavy atom. The molecule has 0 aliphatic carbocycles. The summed E-state index contributed by atoms with van der Waals surface area (Å²) in [5.74, 6) is 0.694. The number of primary amides is 1. The first-order valence-electron chi connectivity index (χ1n) is 11.9. The lowest BCUT2D eigenvalue weighted by Gasteiger charge is -2.40. The van der Waals surface area contributed by atoms with Gasteiger partial charge in [-0.1, -0.05) is 41.9 Å². The third-order valence-corrected chi connectivity index (χ3v) is 7.49. The van der Waals surface area contributed by atoms with Crippen molar-refractivity contribution in [1.82, 2.24) is 10.3 Å². The van der Waals surface area contributed by atoms with Crippen LogP contribution in [-0.4, -0.2) is 40.5 Å². The molecule has 35 heavy (non-hydrogen) atoms. The monoisotopic (exact) mass is 492 g/mol. The zero-order valence-electron chi connectivity index (χ0n) is 19.8. The highest BCUT2D eigenvalue weighted by Gasteiger charge is 2.43. The minimum atomic E-state index is -1.09. The van der Waals surface area contributed by atoms with Gasteiger partial charge in [-0.15, -0.1) is 0 Å². The number of pyridine rings is 1. The molecule has 0 spiro atoms. The maximum Gasteiger partial charge on any atom is 0.263 e. The number of rotatable bonds is 6. The van der Waals surface area contributed by atoms with Crippen LogP contribution in [0.5, 0.6) is 5.75 Å². The van der Waals surface area contributed by atoms with E-state index in [1.165, 1.54) is 6.20 Å². The van der Waals surface area contributed by atoms with Gasteiger partial charge in [0.2, 0.25) is 5.91 Å². The van der Waals surface area contributed by atoms with Crippen LogP contribution in [0.15, 0.2) is 54.7 Å². The number of ether oxygens (including phenoxy) is 1. The number of halogens is 1. The highest BCUT2D eigenvalue weighted by atomic mass is 35.5. The van der Waals surface area contributed by atoms with E-state index in [1.807, 2.05) is 42.5 Å². The van der Waals surface area contributed by atoms with E-state index >= 15 is 0 Å². The predicted octanol–water partition coefficient (Wildman–Crippen LogP) is 4.46. The van der Waals surface area contributed by atoms with Crippen LogP contribution in [0, 0.1) is 0 Å². The molecule has 2 unspecified atom stereocenters. The Bertz CT molecular complexity index is 1260. The predicted molar refractivity (Wildman–Crippen MR) is 137 cm³/mol. The largest absolute Gasteiger partial charge is 0.476 e. The molecule has 2 aliphatic rings. The highest BCUT2D eigenvalue weighted by molar-refractivity contribution is 6.37. The first-order chi connectivity index (χ1) is 16.7. The molecule has 2 bridgehead atoms. The van der Waals surface area contributed by atoms with Crippen LogP contribution in [0.1, 0.15) is 49.9 Å². The number of nitrogens with two attached hydrogens (primary N) is 1. The van der Waals surface area contributed by atoms with Crippen molar-refractivity contribution in [2.45, 2.75) is 63.3 Å². The average Bonchev–Trinajstić information content (AvgIpc) is 3.11. The molecule has 2 aliphatic heterocycles. The maximum absolute atomic E-state index is 13.2. The molecule has 2 aromatic carbocycles. The van der Waals surface area contributed by atoms with E-state index in [1.54, 1.807) is 19.9 Å². The summed E-state index contributed by atoms with van der Waals surface area (Å²) in [6, 6.07) is 15.8. The quantitative estimate of drug-likeness (QED) is 0.529. The first-order valence-corrected chi connectivity index (χ1v) is 12.3. The van der Waals surface area contributed by atoms with Gasteiger partial charge in [-0.2, -0.15) is 0 Å². The topological polar surface area (TPSA) is 97.5 Å². The Balaban J connectivity index is 1.25. The number of aromatic nitrogens is 1. The number of fused-ring (bicyclic) bond motifs is 3. The number of nitrogens with one attached hydrogen (secondary N) is 1. The van der Waals surface area contributed by atoms with Crippen molar-refractivity contribution >= 4 is 40.0 Å². The van der Waals surface area contributed by atoms with E-state index in [0.29, 0.717) is 16.3 Å². The number of benzene rings is 2. The van der Waals surface area contributed by atoms with E-state index < -0.39 is 11.5 Å². The number of piperidine rings is 1. The summed E-state index contributed by atoms with van der Waals surface area (Å²) in [5.41, 5.74) is 4.65. The number of hydrogen-bond donors (Lipinski definition) is 2. The normalized spacial score (nSPS) is 21.7. The third-order valence-electron chi connectivity index (χ3n) is 7.11. The fraction of sp³-hybridized carbons (Fsp3) is 0.370. The van der Waals surface area contributed by atoms with Crippen LogP contribution < -0.4 is 20.7 Å². The minimum absolute atomic E-state index is 0.0519. The van der Waals surface area contributed by atoms with Gasteiger partial charge in [-0.25, -0.2) is 4.98 Å². The van der Waals surface area contributed by atoms with Gasteiger partial charge in [0.25, 0.3) is 5.91 Å². The number of amides is 2. The molecule has 3 aromatic rings. The van der Waals surface area contributed by atoms with Gasteiger partial charge in [0.15, 0.2) is 5.60 Å². The summed E-state index contributed by atoms with van der Waals surface area (Å²) in [4.78, 5) is 31.4. The third kappa shape index (κ3) is 4.52. The molecular formula is C27H29ClN4O3. The van der Waals surface area contributed by atoms with Gasteiger partial charge in [0.1, 0.15) is 11.6 Å². The summed E-state index contributed by atoms with van der Waals surface area (Å²) in [5, 5.41) is 5.64. The summed E-state index contributed by atoms with van der Waals surface area (Å²) in [6.45, 7) is 3.53. The maximum atomic E-state index is 13.2. The first kappa shape index (κ1) is 23.4. The molecule has 5 rings (SSSR count). The molecule has 8 heteroatoms. The smallest absolute Gasteiger partial charge is 0.263 e. The standard InChI is InChI=1S/C27H29ClN4O3/c1-27(2,35-22-11-7-16-5-3-4-6-21(16)24(22)28)26(34)31-18-13-19-9-10-20(14-18)32(19)23-12-8-17(15-30-23)25(29)33/h3-8,11-12,15,18-20H,9-10,13-14H2,1-2H3,(H2,29,33)(H,31,34). The molecule has 0 radical (unpaired) electrons. The van der Waals surface area contributed by atoms with E-state index in [-0.39, 0.29) is 24.0 Å². The van der Waals surface area contributed by atoms with Crippen molar-refractivity contribution < 1.29 is 14.3 Å². The lowest BCUT2D eigenvalue weighted by Crippen LogP contribution is -2.55. The van der Waals surface area contributed by atoms with Gasteiger partial charge >= 0.3 is 0 Å². The summed E-state index contributed by atoms with van der Waals surface area (Å²) < 4.78 is 6.13. The lowest BCUT2D eigenvalue weighted by atomic mass is 9.96. The van der Waals surface area contributed by atoms with Gasteiger partial charge in [-0.3, -0.25) is 9.59 Å². The molecule has 2 amide bonds. The molecule has 3 heterocycles. The summed E-state index contributed by atoms with van der Waals surface area (Å²) in [6.07, 6.45) is 5.27. The zero-order valence-corrected chi connectivity index (χ0v) is 20.6.